The van der Waals surface area contributed by atoms with Crippen molar-refractivity contribution in [1.82, 2.24) is 10.3 Å². The number of sulfone groups is 1. The average molecular weight is 297 g/mol. The summed E-state index contributed by atoms with van der Waals surface area (Å²) in [6.45, 7) is 0.130. The highest BCUT2D eigenvalue weighted by molar-refractivity contribution is 7.90. The molecule has 1 aromatic heterocycles. The van der Waals surface area contributed by atoms with Gasteiger partial charge in [-0.2, -0.15) is 0 Å². The monoisotopic (exact) mass is 296 g/mol. The number of nitrogens with zero attached hydrogens (tertiary/aromatic N) is 1. The highest BCUT2D eigenvalue weighted by Gasteiger charge is 2.08. The van der Waals surface area contributed by atoms with Gasteiger partial charge in [0.25, 0.3) is 0 Å². The molecular formula is C9H13ClN2O3S2. The van der Waals surface area contributed by atoms with E-state index in [4.69, 9.17) is 11.6 Å². The molecule has 1 rings (SSSR count). The van der Waals surface area contributed by atoms with Crippen LogP contribution in [0.5, 0.6) is 0 Å². The normalized spacial score (nSPS) is 11.4. The van der Waals surface area contributed by atoms with Gasteiger partial charge in [-0.25, -0.2) is 13.4 Å². The fourth-order valence-corrected chi connectivity index (χ4v) is 2.56. The SMILES string of the molecule is CS(=O)(=O)CCNC(=O)Cc1nc(CCl)cs1. The molecule has 0 saturated heterocycles. The van der Waals surface area contributed by atoms with Gasteiger partial charge in [0.2, 0.25) is 5.91 Å². The predicted molar refractivity (Wildman–Crippen MR) is 68.1 cm³/mol. The van der Waals surface area contributed by atoms with Gasteiger partial charge in [0.15, 0.2) is 0 Å². The van der Waals surface area contributed by atoms with Crippen molar-refractivity contribution < 1.29 is 13.2 Å². The second-order valence-electron chi connectivity index (χ2n) is 3.52. The van der Waals surface area contributed by atoms with Crippen LogP contribution in [-0.4, -0.2) is 37.9 Å². The summed E-state index contributed by atoms with van der Waals surface area (Å²) in [6.07, 6.45) is 1.29. The van der Waals surface area contributed by atoms with Crippen molar-refractivity contribution in [3.63, 3.8) is 0 Å². The highest BCUT2D eigenvalue weighted by atomic mass is 35.5. The van der Waals surface area contributed by atoms with Crippen LogP contribution in [0.3, 0.4) is 0 Å². The molecule has 0 aromatic carbocycles. The Labute approximate surface area is 109 Å². The van der Waals surface area contributed by atoms with Crippen molar-refractivity contribution in [1.29, 1.82) is 0 Å². The topological polar surface area (TPSA) is 76.1 Å². The van der Waals surface area contributed by atoms with Crippen LogP contribution in [0.25, 0.3) is 0 Å². The van der Waals surface area contributed by atoms with E-state index in [2.05, 4.69) is 10.3 Å². The second-order valence-corrected chi connectivity index (χ2v) is 6.99. The molecule has 0 saturated carbocycles. The maximum Gasteiger partial charge on any atom is 0.226 e. The standard InChI is InChI=1S/C9H13ClN2O3S2/c1-17(14,15)3-2-11-8(13)4-9-12-7(5-10)6-16-9/h6H,2-5H2,1H3,(H,11,13). The van der Waals surface area contributed by atoms with Crippen molar-refractivity contribution in [3.05, 3.63) is 16.1 Å². The zero-order valence-corrected chi connectivity index (χ0v) is 11.7. The lowest BCUT2D eigenvalue weighted by atomic mass is 10.4. The summed E-state index contributed by atoms with van der Waals surface area (Å²) in [5.41, 5.74) is 0.746. The molecule has 0 aliphatic rings. The first kappa shape index (κ1) is 14.4. The first-order valence-corrected chi connectivity index (χ1v) is 8.32. The molecule has 0 unspecified atom stereocenters. The van der Waals surface area contributed by atoms with Crippen molar-refractivity contribution in [2.24, 2.45) is 0 Å². The van der Waals surface area contributed by atoms with E-state index in [0.717, 1.165) is 11.9 Å². The van der Waals surface area contributed by atoms with Crippen molar-refractivity contribution in [2.75, 3.05) is 18.6 Å². The predicted octanol–water partition coefficient (Wildman–Crippen LogP) is 0.585. The summed E-state index contributed by atoms with van der Waals surface area (Å²) in [4.78, 5) is 15.6. The molecule has 96 valence electrons. The van der Waals surface area contributed by atoms with E-state index in [1.807, 2.05) is 0 Å². The molecule has 17 heavy (non-hydrogen) atoms. The van der Waals surface area contributed by atoms with Crippen LogP contribution in [0.1, 0.15) is 10.7 Å². The van der Waals surface area contributed by atoms with Crippen LogP contribution in [0.2, 0.25) is 0 Å². The number of hydrogen-bond donors (Lipinski definition) is 1. The van der Waals surface area contributed by atoms with E-state index in [1.165, 1.54) is 11.3 Å². The first-order valence-electron chi connectivity index (χ1n) is 4.84. The number of carbonyl (C=O) groups is 1. The molecule has 0 radical (unpaired) electrons. The van der Waals surface area contributed by atoms with Gasteiger partial charge in [0, 0.05) is 18.2 Å². The molecule has 5 nitrogen and oxygen atoms in total. The van der Waals surface area contributed by atoms with Crippen molar-refractivity contribution in [3.8, 4) is 0 Å². The molecule has 1 amide bonds. The maximum atomic E-state index is 11.4. The zero-order valence-electron chi connectivity index (χ0n) is 9.27. The lowest BCUT2D eigenvalue weighted by Crippen LogP contribution is -2.29. The van der Waals surface area contributed by atoms with Crippen LogP contribution in [0, 0.1) is 0 Å². The molecule has 0 spiro atoms. The van der Waals surface area contributed by atoms with E-state index in [9.17, 15) is 13.2 Å². The number of halogens is 1. The molecule has 1 N–H and O–H groups in total. The first-order chi connectivity index (χ1) is 7.90. The van der Waals surface area contributed by atoms with Gasteiger partial charge in [-0.05, 0) is 0 Å². The molecule has 0 aliphatic carbocycles. The fraction of sp³-hybridized carbons (Fsp3) is 0.556. The molecule has 1 heterocycles. The summed E-state index contributed by atoms with van der Waals surface area (Å²) in [7, 11) is -3.04. The number of carbonyl (C=O) groups excluding carboxylic acids is 1. The van der Waals surface area contributed by atoms with Crippen LogP contribution in [0.15, 0.2) is 5.38 Å². The third kappa shape index (κ3) is 5.99. The molecular weight excluding hydrogens is 284 g/mol. The summed E-state index contributed by atoms with van der Waals surface area (Å²) < 4.78 is 21.7. The number of hydrogen-bond acceptors (Lipinski definition) is 5. The fourth-order valence-electron chi connectivity index (χ4n) is 1.07. The van der Waals surface area contributed by atoms with Gasteiger partial charge in [0.05, 0.1) is 23.7 Å². The number of nitrogens with one attached hydrogen (secondary N) is 1. The van der Waals surface area contributed by atoms with Crippen LogP contribution in [-0.2, 0) is 26.9 Å². The van der Waals surface area contributed by atoms with E-state index in [-0.39, 0.29) is 24.6 Å². The smallest absolute Gasteiger partial charge is 0.226 e. The quantitative estimate of drug-likeness (QED) is 0.779. The van der Waals surface area contributed by atoms with Crippen LogP contribution < -0.4 is 5.32 Å². The Balaban J connectivity index is 2.34. The lowest BCUT2D eigenvalue weighted by molar-refractivity contribution is -0.120. The number of rotatable bonds is 6. The number of aromatic nitrogens is 1. The Kier molecular flexibility index (Phi) is 5.35. The second kappa shape index (κ2) is 6.32. The third-order valence-corrected chi connectivity index (χ3v) is 3.96. The van der Waals surface area contributed by atoms with Gasteiger partial charge in [-0.1, -0.05) is 0 Å². The average Bonchev–Trinajstić information content (AvgIpc) is 2.63. The van der Waals surface area contributed by atoms with E-state index in [1.54, 1.807) is 5.38 Å². The molecule has 8 heteroatoms. The highest BCUT2D eigenvalue weighted by Crippen LogP contribution is 2.11. The van der Waals surface area contributed by atoms with Gasteiger partial charge in [-0.3, -0.25) is 4.79 Å². The maximum absolute atomic E-state index is 11.4. The van der Waals surface area contributed by atoms with Crippen molar-refractivity contribution in [2.45, 2.75) is 12.3 Å². The summed E-state index contributed by atoms with van der Waals surface area (Å²) in [5.74, 6) is 0.0413. The van der Waals surface area contributed by atoms with Gasteiger partial charge in [0.1, 0.15) is 14.8 Å². The Morgan fingerprint density at radius 1 is 1.59 bits per heavy atom. The third-order valence-electron chi connectivity index (χ3n) is 1.84. The number of alkyl halides is 1. The van der Waals surface area contributed by atoms with E-state index >= 15 is 0 Å². The Bertz CT molecular complexity index is 484. The largest absolute Gasteiger partial charge is 0.355 e. The minimum atomic E-state index is -3.04. The van der Waals surface area contributed by atoms with E-state index < -0.39 is 9.84 Å². The minimum Gasteiger partial charge on any atom is -0.355 e. The molecule has 0 aliphatic heterocycles. The summed E-state index contributed by atoms with van der Waals surface area (Å²) >= 11 is 6.95. The van der Waals surface area contributed by atoms with Gasteiger partial charge < -0.3 is 5.32 Å². The van der Waals surface area contributed by atoms with Gasteiger partial charge in [-0.15, -0.1) is 22.9 Å². The lowest BCUT2D eigenvalue weighted by Gasteiger charge is -2.02. The van der Waals surface area contributed by atoms with Gasteiger partial charge >= 0.3 is 0 Å². The van der Waals surface area contributed by atoms with E-state index in [0.29, 0.717) is 10.9 Å². The number of thiazole rings is 1. The Hall–Kier alpha value is -0.660. The number of amides is 1. The summed E-state index contributed by atoms with van der Waals surface area (Å²) in [6, 6.07) is 0. The molecule has 0 bridgehead atoms. The molecule has 0 atom stereocenters. The van der Waals surface area contributed by atoms with Crippen molar-refractivity contribution >= 4 is 38.7 Å². The summed E-state index contributed by atoms with van der Waals surface area (Å²) in [5, 5.41) is 5.01. The zero-order chi connectivity index (χ0) is 12.9. The van der Waals surface area contributed by atoms with Crippen LogP contribution >= 0.6 is 22.9 Å². The molecule has 0 fully saturated rings. The minimum absolute atomic E-state index is 0.0520. The Morgan fingerprint density at radius 2 is 2.29 bits per heavy atom. The Morgan fingerprint density at radius 3 is 2.82 bits per heavy atom. The van der Waals surface area contributed by atoms with Crippen LogP contribution in [0.4, 0.5) is 0 Å². The molecule has 1 aromatic rings.